The third-order valence-corrected chi connectivity index (χ3v) is 5.10. The maximum Gasteiger partial charge on any atom is 0.107 e. The maximum absolute atomic E-state index is 4.63. The topological polar surface area (TPSA) is 28.2 Å². The molecule has 1 saturated heterocycles. The molecule has 20 heavy (non-hydrogen) atoms. The minimum Gasteiger partial charge on any atom is -0.315 e. The van der Waals surface area contributed by atoms with Crippen LogP contribution in [0.1, 0.15) is 50.4 Å². The van der Waals surface area contributed by atoms with Gasteiger partial charge in [-0.1, -0.05) is 27.7 Å². The second kappa shape index (κ2) is 7.74. The summed E-state index contributed by atoms with van der Waals surface area (Å²) < 4.78 is 0. The number of rotatable bonds is 5. The van der Waals surface area contributed by atoms with Crippen LogP contribution in [0.5, 0.6) is 0 Å². The molecule has 3 nitrogen and oxygen atoms in total. The Morgan fingerprint density at radius 2 is 2.20 bits per heavy atom. The summed E-state index contributed by atoms with van der Waals surface area (Å²) in [6, 6.07) is 0.696. The lowest BCUT2D eigenvalue weighted by atomic mass is 9.96. The Labute approximate surface area is 133 Å². The lowest BCUT2D eigenvalue weighted by Crippen LogP contribution is -2.36. The minimum absolute atomic E-state index is 0. The van der Waals surface area contributed by atoms with Crippen LogP contribution in [0.4, 0.5) is 0 Å². The van der Waals surface area contributed by atoms with E-state index in [2.05, 4.69) is 49.1 Å². The summed E-state index contributed by atoms with van der Waals surface area (Å²) in [5, 5.41) is 4.74. The van der Waals surface area contributed by atoms with Crippen LogP contribution in [0.15, 0.2) is 6.20 Å². The summed E-state index contributed by atoms with van der Waals surface area (Å²) in [6.07, 6.45) is 4.56. The zero-order valence-corrected chi connectivity index (χ0v) is 14.7. The third-order valence-electron chi connectivity index (χ3n) is 3.69. The van der Waals surface area contributed by atoms with Gasteiger partial charge in [0, 0.05) is 23.7 Å². The van der Waals surface area contributed by atoms with Crippen molar-refractivity contribution >= 4 is 23.7 Å². The van der Waals surface area contributed by atoms with Crippen LogP contribution in [0.25, 0.3) is 0 Å². The van der Waals surface area contributed by atoms with E-state index in [0.717, 1.165) is 19.6 Å². The van der Waals surface area contributed by atoms with Gasteiger partial charge in [0.1, 0.15) is 5.01 Å². The Hall–Kier alpha value is -0.160. The van der Waals surface area contributed by atoms with Gasteiger partial charge in [0.25, 0.3) is 0 Å². The zero-order chi connectivity index (χ0) is 13.9. The van der Waals surface area contributed by atoms with Crippen molar-refractivity contribution in [3.8, 4) is 0 Å². The third kappa shape index (κ3) is 4.69. The molecule has 1 atom stereocenters. The van der Waals surface area contributed by atoms with E-state index < -0.39 is 0 Å². The SMILES string of the molecule is CCCN(Cc1ncc(C(C)(C)C)s1)C1CCNC1.Cl. The van der Waals surface area contributed by atoms with Crippen molar-refractivity contribution < 1.29 is 0 Å². The van der Waals surface area contributed by atoms with E-state index in [0.29, 0.717) is 6.04 Å². The molecule has 0 aliphatic carbocycles. The molecule has 0 aromatic carbocycles. The van der Waals surface area contributed by atoms with Gasteiger partial charge in [-0.25, -0.2) is 4.98 Å². The maximum atomic E-state index is 4.63. The molecule has 5 heteroatoms. The van der Waals surface area contributed by atoms with E-state index in [4.69, 9.17) is 0 Å². The predicted octanol–water partition coefficient (Wildman–Crippen LogP) is 3.44. The highest BCUT2D eigenvalue weighted by Crippen LogP contribution is 2.28. The van der Waals surface area contributed by atoms with E-state index in [1.807, 2.05) is 11.3 Å². The van der Waals surface area contributed by atoms with Gasteiger partial charge < -0.3 is 5.32 Å². The van der Waals surface area contributed by atoms with E-state index in [1.165, 1.54) is 29.3 Å². The lowest BCUT2D eigenvalue weighted by Gasteiger charge is -2.26. The molecule has 1 aliphatic heterocycles. The van der Waals surface area contributed by atoms with Crippen molar-refractivity contribution in [2.75, 3.05) is 19.6 Å². The van der Waals surface area contributed by atoms with Crippen LogP contribution in [-0.2, 0) is 12.0 Å². The van der Waals surface area contributed by atoms with Gasteiger partial charge in [-0.2, -0.15) is 0 Å². The Morgan fingerprint density at radius 3 is 2.70 bits per heavy atom. The smallest absolute Gasteiger partial charge is 0.107 e. The molecule has 0 saturated carbocycles. The Balaban J connectivity index is 0.00000200. The second-order valence-electron chi connectivity index (χ2n) is 6.49. The minimum atomic E-state index is 0. The largest absolute Gasteiger partial charge is 0.315 e. The van der Waals surface area contributed by atoms with Crippen LogP contribution in [-0.4, -0.2) is 35.6 Å². The summed E-state index contributed by atoms with van der Waals surface area (Å²) in [5.74, 6) is 0. The number of nitrogens with one attached hydrogen (secondary N) is 1. The Bertz CT molecular complexity index is 394. The number of halogens is 1. The lowest BCUT2D eigenvalue weighted by molar-refractivity contribution is 0.199. The number of nitrogens with zero attached hydrogens (tertiary/aromatic N) is 2. The van der Waals surface area contributed by atoms with Gasteiger partial charge in [0.15, 0.2) is 0 Å². The van der Waals surface area contributed by atoms with Crippen molar-refractivity contribution in [1.82, 2.24) is 15.2 Å². The molecule has 2 rings (SSSR count). The average molecular weight is 318 g/mol. The molecular weight excluding hydrogens is 290 g/mol. The molecule has 2 heterocycles. The first-order chi connectivity index (χ1) is 9.00. The molecule has 1 aliphatic rings. The number of thiazole rings is 1. The van der Waals surface area contributed by atoms with Crippen LogP contribution < -0.4 is 5.32 Å². The quantitative estimate of drug-likeness (QED) is 0.901. The van der Waals surface area contributed by atoms with Crippen LogP contribution >= 0.6 is 23.7 Å². The first kappa shape index (κ1) is 17.9. The number of hydrogen-bond donors (Lipinski definition) is 1. The fourth-order valence-electron chi connectivity index (χ4n) is 2.53. The van der Waals surface area contributed by atoms with E-state index >= 15 is 0 Å². The highest BCUT2D eigenvalue weighted by Gasteiger charge is 2.23. The van der Waals surface area contributed by atoms with Gasteiger partial charge in [0.2, 0.25) is 0 Å². The van der Waals surface area contributed by atoms with Crippen molar-refractivity contribution in [1.29, 1.82) is 0 Å². The zero-order valence-electron chi connectivity index (χ0n) is 13.1. The molecule has 0 bridgehead atoms. The Kier molecular flexibility index (Phi) is 6.92. The van der Waals surface area contributed by atoms with Crippen molar-refractivity contribution in [3.63, 3.8) is 0 Å². The fourth-order valence-corrected chi connectivity index (χ4v) is 3.53. The number of aromatic nitrogens is 1. The summed E-state index contributed by atoms with van der Waals surface area (Å²) in [5.41, 5.74) is 0.223. The summed E-state index contributed by atoms with van der Waals surface area (Å²) in [6.45, 7) is 13.5. The van der Waals surface area contributed by atoms with Crippen molar-refractivity contribution in [3.05, 3.63) is 16.1 Å². The second-order valence-corrected chi connectivity index (χ2v) is 7.60. The highest BCUT2D eigenvalue weighted by molar-refractivity contribution is 7.11. The summed E-state index contributed by atoms with van der Waals surface area (Å²) in [4.78, 5) is 8.63. The summed E-state index contributed by atoms with van der Waals surface area (Å²) >= 11 is 1.88. The fraction of sp³-hybridized carbons (Fsp3) is 0.800. The van der Waals surface area contributed by atoms with Gasteiger partial charge in [-0.15, -0.1) is 23.7 Å². The molecule has 1 aromatic rings. The predicted molar refractivity (Wildman–Crippen MR) is 90.0 cm³/mol. The Morgan fingerprint density at radius 1 is 1.45 bits per heavy atom. The molecule has 1 fully saturated rings. The van der Waals surface area contributed by atoms with Gasteiger partial charge in [-0.3, -0.25) is 4.90 Å². The molecule has 0 radical (unpaired) electrons. The average Bonchev–Trinajstić information content (AvgIpc) is 2.98. The normalized spacial score (nSPS) is 19.4. The first-order valence-corrected chi connectivity index (χ1v) is 8.22. The van der Waals surface area contributed by atoms with Crippen molar-refractivity contribution in [2.24, 2.45) is 0 Å². The molecule has 1 unspecified atom stereocenters. The molecule has 0 amide bonds. The number of hydrogen-bond acceptors (Lipinski definition) is 4. The monoisotopic (exact) mass is 317 g/mol. The molecular formula is C15H28ClN3S. The van der Waals surface area contributed by atoms with E-state index in [9.17, 15) is 0 Å². The molecule has 1 aromatic heterocycles. The molecule has 0 spiro atoms. The first-order valence-electron chi connectivity index (χ1n) is 7.40. The van der Waals surface area contributed by atoms with Gasteiger partial charge in [-0.05, 0) is 31.3 Å². The summed E-state index contributed by atoms with van der Waals surface area (Å²) in [7, 11) is 0. The van der Waals surface area contributed by atoms with Crippen molar-refractivity contribution in [2.45, 2.75) is 58.5 Å². The van der Waals surface area contributed by atoms with Gasteiger partial charge >= 0.3 is 0 Å². The van der Waals surface area contributed by atoms with Gasteiger partial charge in [0.05, 0.1) is 6.54 Å². The molecule has 1 N–H and O–H groups in total. The van der Waals surface area contributed by atoms with E-state index in [1.54, 1.807) is 0 Å². The van der Waals surface area contributed by atoms with Crippen LogP contribution in [0.3, 0.4) is 0 Å². The highest BCUT2D eigenvalue weighted by atomic mass is 35.5. The standard InChI is InChI=1S/C15H27N3S.ClH/c1-5-8-18(12-6-7-16-9-12)11-14-17-10-13(19-14)15(2,3)4;/h10,12,16H,5-9,11H2,1-4H3;1H. The van der Waals surface area contributed by atoms with Crippen LogP contribution in [0.2, 0.25) is 0 Å². The van der Waals surface area contributed by atoms with Crippen LogP contribution in [0, 0.1) is 0 Å². The molecule has 116 valence electrons. The van der Waals surface area contributed by atoms with E-state index in [-0.39, 0.29) is 17.8 Å².